The molecule has 0 heterocycles. The molecule has 0 spiro atoms. The Morgan fingerprint density at radius 3 is 2.68 bits per heavy atom. The fourth-order valence-electron chi connectivity index (χ4n) is 1.75. The van der Waals surface area contributed by atoms with Gasteiger partial charge in [0.25, 0.3) is 0 Å². The van der Waals surface area contributed by atoms with E-state index in [9.17, 15) is 9.90 Å². The topological polar surface area (TPSA) is 70.9 Å². The Kier molecular flexibility index (Phi) is 5.76. The first-order chi connectivity index (χ1) is 10.6. The smallest absolute Gasteiger partial charge is 0.244 e. The molecule has 0 aromatic heterocycles. The molecule has 0 saturated carbocycles. The molecule has 2 N–H and O–H groups in total. The van der Waals surface area contributed by atoms with Crippen molar-refractivity contribution in [2.75, 3.05) is 7.11 Å². The summed E-state index contributed by atoms with van der Waals surface area (Å²) in [4.78, 5) is 11.8. The van der Waals surface area contributed by atoms with Crippen LogP contribution in [0, 0.1) is 3.57 Å². The Morgan fingerprint density at radius 2 is 2.05 bits per heavy atom. The van der Waals surface area contributed by atoms with Crippen LogP contribution in [0.3, 0.4) is 0 Å². The summed E-state index contributed by atoms with van der Waals surface area (Å²) in [6, 6.07) is 12.4. The number of ether oxygens (including phenoxy) is 1. The number of hydrogen-bond acceptors (Lipinski definition) is 4. The van der Waals surface area contributed by atoms with Crippen LogP contribution in [-0.4, -0.2) is 24.3 Å². The van der Waals surface area contributed by atoms with Crippen LogP contribution in [0.5, 0.6) is 11.5 Å². The van der Waals surface area contributed by atoms with Gasteiger partial charge in [-0.05, 0) is 64.0 Å². The molecule has 0 atom stereocenters. The average Bonchev–Trinajstić information content (AvgIpc) is 2.51. The first kappa shape index (κ1) is 16.3. The van der Waals surface area contributed by atoms with Crippen molar-refractivity contribution in [3.63, 3.8) is 0 Å². The molecule has 2 aromatic rings. The van der Waals surface area contributed by atoms with Crippen molar-refractivity contribution in [2.45, 2.75) is 6.42 Å². The predicted molar refractivity (Wildman–Crippen MR) is 93.3 cm³/mol. The number of benzene rings is 2. The number of nitrogens with zero attached hydrogens (tertiary/aromatic N) is 1. The maximum Gasteiger partial charge on any atom is 0.244 e. The normalized spacial score (nSPS) is 10.6. The molecule has 0 fully saturated rings. The van der Waals surface area contributed by atoms with Crippen molar-refractivity contribution in [3.05, 3.63) is 57.2 Å². The van der Waals surface area contributed by atoms with Crippen LogP contribution >= 0.6 is 22.6 Å². The minimum atomic E-state index is -0.199. The van der Waals surface area contributed by atoms with Gasteiger partial charge in [0.1, 0.15) is 11.5 Å². The van der Waals surface area contributed by atoms with Gasteiger partial charge in [0.2, 0.25) is 5.91 Å². The molecular weight excluding hydrogens is 395 g/mol. The lowest BCUT2D eigenvalue weighted by Crippen LogP contribution is -2.19. The number of rotatable bonds is 5. The molecule has 0 bridgehead atoms. The van der Waals surface area contributed by atoms with Crippen molar-refractivity contribution < 1.29 is 14.6 Å². The molecule has 0 aliphatic heterocycles. The van der Waals surface area contributed by atoms with Gasteiger partial charge in [0, 0.05) is 0 Å². The summed E-state index contributed by atoms with van der Waals surface area (Å²) in [6.07, 6.45) is 1.78. The zero-order chi connectivity index (χ0) is 15.9. The average molecular weight is 410 g/mol. The molecule has 114 valence electrons. The standard InChI is InChI=1S/C16H15IN2O3/c1-22-13-5-2-11(3-6-13)9-16(21)19-18-10-12-4-7-15(20)14(17)8-12/h2-8,10,20H,9H2,1H3,(H,19,21)/b18-10+. The third-order valence-corrected chi connectivity index (χ3v) is 3.76. The Balaban J connectivity index is 1.88. The van der Waals surface area contributed by atoms with E-state index in [0.717, 1.165) is 20.4 Å². The van der Waals surface area contributed by atoms with E-state index < -0.39 is 0 Å². The van der Waals surface area contributed by atoms with Crippen molar-refractivity contribution in [3.8, 4) is 11.5 Å². The molecule has 5 nitrogen and oxygen atoms in total. The number of aromatic hydroxyl groups is 1. The molecule has 1 amide bonds. The van der Waals surface area contributed by atoms with E-state index in [1.165, 1.54) is 6.21 Å². The number of amides is 1. The van der Waals surface area contributed by atoms with Gasteiger partial charge < -0.3 is 9.84 Å². The summed E-state index contributed by atoms with van der Waals surface area (Å²) in [5.41, 5.74) is 4.16. The molecule has 2 rings (SSSR count). The molecular formula is C16H15IN2O3. The monoisotopic (exact) mass is 410 g/mol. The summed E-state index contributed by atoms with van der Waals surface area (Å²) in [5.74, 6) is 0.778. The lowest BCUT2D eigenvalue weighted by molar-refractivity contribution is -0.120. The van der Waals surface area contributed by atoms with Crippen LogP contribution in [0.25, 0.3) is 0 Å². The minimum Gasteiger partial charge on any atom is -0.507 e. The summed E-state index contributed by atoms with van der Waals surface area (Å²) in [5, 5.41) is 13.3. The van der Waals surface area contributed by atoms with E-state index in [-0.39, 0.29) is 18.1 Å². The van der Waals surface area contributed by atoms with E-state index in [1.807, 2.05) is 46.9 Å². The number of phenols is 1. The Labute approximate surface area is 142 Å². The van der Waals surface area contributed by atoms with Crippen molar-refractivity contribution in [2.24, 2.45) is 5.10 Å². The van der Waals surface area contributed by atoms with E-state index in [4.69, 9.17) is 4.74 Å². The van der Waals surface area contributed by atoms with E-state index in [0.29, 0.717) is 0 Å². The molecule has 2 aromatic carbocycles. The predicted octanol–water partition coefficient (Wildman–Crippen LogP) is 2.70. The Morgan fingerprint density at radius 1 is 1.32 bits per heavy atom. The number of hydrazone groups is 1. The van der Waals surface area contributed by atoms with Gasteiger partial charge in [-0.25, -0.2) is 5.43 Å². The summed E-state index contributed by atoms with van der Waals surface area (Å²) >= 11 is 2.03. The molecule has 22 heavy (non-hydrogen) atoms. The van der Waals surface area contributed by atoms with Crippen LogP contribution in [0.4, 0.5) is 0 Å². The van der Waals surface area contributed by atoms with Gasteiger partial charge in [0.15, 0.2) is 0 Å². The highest BCUT2D eigenvalue weighted by Crippen LogP contribution is 2.19. The number of nitrogens with one attached hydrogen (secondary N) is 1. The summed E-state index contributed by atoms with van der Waals surface area (Å²) < 4.78 is 5.79. The van der Waals surface area contributed by atoms with Gasteiger partial charge in [-0.15, -0.1) is 0 Å². The largest absolute Gasteiger partial charge is 0.507 e. The first-order valence-corrected chi connectivity index (χ1v) is 7.59. The van der Waals surface area contributed by atoms with Crippen LogP contribution < -0.4 is 10.2 Å². The van der Waals surface area contributed by atoms with Gasteiger partial charge in [0.05, 0.1) is 23.3 Å². The molecule has 0 aliphatic carbocycles. The third-order valence-electron chi connectivity index (χ3n) is 2.90. The van der Waals surface area contributed by atoms with Gasteiger partial charge in [-0.2, -0.15) is 5.10 Å². The van der Waals surface area contributed by atoms with Gasteiger partial charge in [-0.3, -0.25) is 4.79 Å². The summed E-state index contributed by atoms with van der Waals surface area (Å²) in [7, 11) is 1.60. The zero-order valence-electron chi connectivity index (χ0n) is 11.9. The molecule has 0 aliphatic rings. The van der Waals surface area contributed by atoms with Crippen LogP contribution in [0.2, 0.25) is 0 Å². The lowest BCUT2D eigenvalue weighted by Gasteiger charge is -2.03. The number of halogens is 1. The lowest BCUT2D eigenvalue weighted by atomic mass is 10.1. The Hall–Kier alpha value is -2.09. The fourth-order valence-corrected chi connectivity index (χ4v) is 2.29. The highest BCUT2D eigenvalue weighted by molar-refractivity contribution is 14.1. The zero-order valence-corrected chi connectivity index (χ0v) is 14.1. The molecule has 6 heteroatoms. The van der Waals surface area contributed by atoms with Crippen LogP contribution in [0.1, 0.15) is 11.1 Å². The third kappa shape index (κ3) is 4.73. The number of carbonyl (C=O) groups excluding carboxylic acids is 1. The maximum atomic E-state index is 11.8. The van der Waals surface area contributed by atoms with Crippen molar-refractivity contribution in [1.82, 2.24) is 5.43 Å². The Bertz CT molecular complexity index is 684. The number of hydrogen-bond donors (Lipinski definition) is 2. The molecule has 0 unspecified atom stereocenters. The number of methoxy groups -OCH3 is 1. The molecule has 0 radical (unpaired) electrons. The fraction of sp³-hybridized carbons (Fsp3) is 0.125. The second-order valence-electron chi connectivity index (χ2n) is 4.53. The van der Waals surface area contributed by atoms with Crippen LogP contribution in [-0.2, 0) is 11.2 Å². The quantitative estimate of drug-likeness (QED) is 0.453. The number of phenolic OH excluding ortho intramolecular Hbond substituents is 1. The highest BCUT2D eigenvalue weighted by atomic mass is 127. The first-order valence-electron chi connectivity index (χ1n) is 6.52. The molecule has 0 saturated heterocycles. The second-order valence-corrected chi connectivity index (χ2v) is 5.69. The van der Waals surface area contributed by atoms with E-state index in [1.54, 1.807) is 25.3 Å². The summed E-state index contributed by atoms with van der Waals surface area (Å²) in [6.45, 7) is 0. The van der Waals surface area contributed by atoms with Crippen LogP contribution in [0.15, 0.2) is 47.6 Å². The highest BCUT2D eigenvalue weighted by Gasteiger charge is 2.02. The van der Waals surface area contributed by atoms with Gasteiger partial charge in [-0.1, -0.05) is 12.1 Å². The number of carbonyl (C=O) groups is 1. The second kappa shape index (κ2) is 7.79. The van der Waals surface area contributed by atoms with E-state index >= 15 is 0 Å². The minimum absolute atomic E-state index is 0.199. The van der Waals surface area contributed by atoms with Crippen molar-refractivity contribution >= 4 is 34.7 Å². The maximum absolute atomic E-state index is 11.8. The van der Waals surface area contributed by atoms with Crippen molar-refractivity contribution in [1.29, 1.82) is 0 Å². The SMILES string of the molecule is COc1ccc(CC(=O)N/N=C/c2ccc(O)c(I)c2)cc1. The van der Waals surface area contributed by atoms with E-state index in [2.05, 4.69) is 10.5 Å². The van der Waals surface area contributed by atoms with Gasteiger partial charge >= 0.3 is 0 Å².